The largest absolute Gasteiger partial charge is 0.286 e. The molecule has 4 aromatic rings. The van der Waals surface area contributed by atoms with Crippen molar-refractivity contribution in [2.75, 3.05) is 5.75 Å². The molecular formula is C20H18N4O3S. The first-order valence-corrected chi connectivity index (χ1v) is 10.4. The molecule has 3 heterocycles. The molecule has 0 atom stereocenters. The molecule has 1 N–H and O–H groups in total. The highest BCUT2D eigenvalue weighted by Crippen LogP contribution is 2.34. The number of fused-ring (bicyclic) bond motifs is 1. The highest BCUT2D eigenvalue weighted by atomic mass is 32.2. The van der Waals surface area contributed by atoms with Crippen molar-refractivity contribution in [2.45, 2.75) is 13.0 Å². The lowest BCUT2D eigenvalue weighted by Gasteiger charge is -2.06. The Kier molecular flexibility index (Phi) is 4.89. The van der Waals surface area contributed by atoms with Gasteiger partial charge in [-0.25, -0.2) is 0 Å². The summed E-state index contributed by atoms with van der Waals surface area (Å²) in [5, 5.41) is 5.64. The van der Waals surface area contributed by atoms with Crippen LogP contribution in [0.1, 0.15) is 6.42 Å². The molecule has 142 valence electrons. The second kappa shape index (κ2) is 7.49. The predicted molar refractivity (Wildman–Crippen MR) is 107 cm³/mol. The molecule has 0 fully saturated rings. The number of aromatic nitrogens is 4. The molecule has 8 heteroatoms. The molecule has 0 radical (unpaired) electrons. The molecular weight excluding hydrogens is 376 g/mol. The molecule has 0 bridgehead atoms. The van der Waals surface area contributed by atoms with Gasteiger partial charge in [-0.2, -0.15) is 13.5 Å². The number of benzene rings is 1. The summed E-state index contributed by atoms with van der Waals surface area (Å²) in [6.07, 6.45) is 5.62. The lowest BCUT2D eigenvalue weighted by molar-refractivity contribution is 0.476. The summed E-state index contributed by atoms with van der Waals surface area (Å²) in [5.41, 5.74) is 4.19. The molecule has 0 spiro atoms. The van der Waals surface area contributed by atoms with Crippen LogP contribution in [0, 0.1) is 0 Å². The lowest BCUT2D eigenvalue weighted by atomic mass is 10.0. The fourth-order valence-corrected chi connectivity index (χ4v) is 3.66. The van der Waals surface area contributed by atoms with E-state index < -0.39 is 10.1 Å². The summed E-state index contributed by atoms with van der Waals surface area (Å²) >= 11 is 0. The Morgan fingerprint density at radius 2 is 1.75 bits per heavy atom. The van der Waals surface area contributed by atoms with Gasteiger partial charge in [0.05, 0.1) is 17.0 Å². The summed E-state index contributed by atoms with van der Waals surface area (Å²) in [6, 6.07) is 15.4. The molecule has 28 heavy (non-hydrogen) atoms. The molecule has 0 aliphatic heterocycles. The van der Waals surface area contributed by atoms with Crippen molar-refractivity contribution < 1.29 is 13.0 Å². The third kappa shape index (κ3) is 3.92. The van der Waals surface area contributed by atoms with E-state index in [1.807, 2.05) is 54.7 Å². The minimum Gasteiger partial charge on any atom is -0.286 e. The van der Waals surface area contributed by atoms with Crippen molar-refractivity contribution in [3.05, 3.63) is 67.1 Å². The van der Waals surface area contributed by atoms with E-state index in [9.17, 15) is 8.42 Å². The Balaban J connectivity index is 1.81. The van der Waals surface area contributed by atoms with Crippen LogP contribution in [-0.4, -0.2) is 38.5 Å². The SMILES string of the molecule is O=S(=O)(O)CCCn1cc(-c2ccnc3ccccc23)c(-c2ccccn2)n1. The van der Waals surface area contributed by atoms with Gasteiger partial charge >= 0.3 is 0 Å². The maximum atomic E-state index is 11.0. The number of pyridine rings is 2. The second-order valence-electron chi connectivity index (χ2n) is 6.38. The van der Waals surface area contributed by atoms with Gasteiger partial charge in [0.15, 0.2) is 0 Å². The average Bonchev–Trinajstić information content (AvgIpc) is 3.11. The average molecular weight is 394 g/mol. The number of hydrogen-bond donors (Lipinski definition) is 1. The Morgan fingerprint density at radius 1 is 0.929 bits per heavy atom. The minimum absolute atomic E-state index is 0.263. The molecule has 4 rings (SSSR count). The quantitative estimate of drug-likeness (QED) is 0.503. The smallest absolute Gasteiger partial charge is 0.264 e. The van der Waals surface area contributed by atoms with E-state index in [1.54, 1.807) is 17.1 Å². The molecule has 0 unspecified atom stereocenters. The van der Waals surface area contributed by atoms with Gasteiger partial charge < -0.3 is 0 Å². The van der Waals surface area contributed by atoms with Crippen LogP contribution in [-0.2, 0) is 16.7 Å². The standard InChI is InChI=1S/C20H18N4O3S/c25-28(26,27)13-5-12-24-14-17(20(23-24)19-8-3-4-10-21-19)15-9-11-22-18-7-2-1-6-16(15)18/h1-4,6-11,14H,5,12-13H2,(H,25,26,27). The Morgan fingerprint density at radius 3 is 2.54 bits per heavy atom. The summed E-state index contributed by atoms with van der Waals surface area (Å²) in [4.78, 5) is 8.84. The van der Waals surface area contributed by atoms with Crippen LogP contribution < -0.4 is 0 Å². The normalized spacial score (nSPS) is 11.8. The molecule has 3 aromatic heterocycles. The Labute approximate surface area is 162 Å². The fourth-order valence-electron chi connectivity index (χ4n) is 3.16. The lowest BCUT2D eigenvalue weighted by Crippen LogP contribution is -2.08. The molecule has 0 aliphatic carbocycles. The predicted octanol–water partition coefficient (Wildman–Crippen LogP) is 3.44. The van der Waals surface area contributed by atoms with Gasteiger partial charge in [-0.15, -0.1) is 0 Å². The molecule has 0 amide bonds. The number of rotatable bonds is 6. The summed E-state index contributed by atoms with van der Waals surface area (Å²) in [7, 11) is -3.99. The first-order valence-electron chi connectivity index (χ1n) is 8.79. The van der Waals surface area contributed by atoms with Crippen LogP contribution in [0.15, 0.2) is 67.1 Å². The van der Waals surface area contributed by atoms with Crippen molar-refractivity contribution >= 4 is 21.0 Å². The van der Waals surface area contributed by atoms with Crippen molar-refractivity contribution in [2.24, 2.45) is 0 Å². The monoisotopic (exact) mass is 394 g/mol. The van der Waals surface area contributed by atoms with Crippen molar-refractivity contribution in [1.82, 2.24) is 19.7 Å². The van der Waals surface area contributed by atoms with Crippen LogP contribution in [0.2, 0.25) is 0 Å². The fraction of sp³-hybridized carbons (Fsp3) is 0.150. The zero-order chi connectivity index (χ0) is 19.6. The molecule has 1 aromatic carbocycles. The third-order valence-electron chi connectivity index (χ3n) is 4.40. The number of para-hydroxylation sites is 1. The van der Waals surface area contributed by atoms with Gasteiger partial charge in [0.2, 0.25) is 0 Å². The van der Waals surface area contributed by atoms with Crippen molar-refractivity contribution in [3.63, 3.8) is 0 Å². The van der Waals surface area contributed by atoms with Gasteiger partial charge in [-0.05, 0) is 36.2 Å². The summed E-state index contributed by atoms with van der Waals surface area (Å²) in [6.45, 7) is 0.364. The van der Waals surface area contributed by atoms with E-state index in [0.717, 1.165) is 27.7 Å². The molecule has 7 nitrogen and oxygen atoms in total. The molecule has 0 saturated heterocycles. The van der Waals surface area contributed by atoms with E-state index in [1.165, 1.54) is 0 Å². The Hall–Kier alpha value is -3.10. The first-order chi connectivity index (χ1) is 13.5. The topological polar surface area (TPSA) is 98.0 Å². The van der Waals surface area contributed by atoms with E-state index in [0.29, 0.717) is 12.2 Å². The summed E-state index contributed by atoms with van der Waals surface area (Å²) in [5.74, 6) is -0.306. The highest BCUT2D eigenvalue weighted by molar-refractivity contribution is 7.85. The van der Waals surface area contributed by atoms with Crippen LogP contribution in [0.4, 0.5) is 0 Å². The zero-order valence-corrected chi connectivity index (χ0v) is 15.7. The van der Waals surface area contributed by atoms with Crippen molar-refractivity contribution in [1.29, 1.82) is 0 Å². The van der Waals surface area contributed by atoms with Crippen LogP contribution >= 0.6 is 0 Å². The third-order valence-corrected chi connectivity index (χ3v) is 5.20. The number of aryl methyl sites for hydroxylation is 1. The zero-order valence-electron chi connectivity index (χ0n) is 14.9. The van der Waals surface area contributed by atoms with Crippen molar-refractivity contribution in [3.8, 4) is 22.5 Å². The maximum absolute atomic E-state index is 11.0. The molecule has 0 saturated carbocycles. The first kappa shape index (κ1) is 18.3. The van der Waals surface area contributed by atoms with E-state index >= 15 is 0 Å². The minimum atomic E-state index is -3.99. The number of nitrogens with zero attached hydrogens (tertiary/aromatic N) is 4. The van der Waals surface area contributed by atoms with Gasteiger partial charge in [-0.1, -0.05) is 24.3 Å². The molecule has 0 aliphatic rings. The number of hydrogen-bond acceptors (Lipinski definition) is 5. The Bertz CT molecular complexity index is 1220. The van der Waals surface area contributed by atoms with Crippen LogP contribution in [0.5, 0.6) is 0 Å². The van der Waals surface area contributed by atoms with Gasteiger partial charge in [0.25, 0.3) is 10.1 Å². The van der Waals surface area contributed by atoms with Gasteiger partial charge in [0.1, 0.15) is 5.69 Å². The second-order valence-corrected chi connectivity index (χ2v) is 7.96. The highest BCUT2D eigenvalue weighted by Gasteiger charge is 2.16. The van der Waals surface area contributed by atoms with E-state index in [2.05, 4.69) is 15.1 Å². The van der Waals surface area contributed by atoms with Crippen LogP contribution in [0.25, 0.3) is 33.4 Å². The van der Waals surface area contributed by atoms with E-state index in [-0.39, 0.29) is 12.2 Å². The van der Waals surface area contributed by atoms with Gasteiger partial charge in [-0.3, -0.25) is 19.2 Å². The van der Waals surface area contributed by atoms with Crippen LogP contribution in [0.3, 0.4) is 0 Å². The van der Waals surface area contributed by atoms with E-state index in [4.69, 9.17) is 4.55 Å². The maximum Gasteiger partial charge on any atom is 0.264 e. The summed E-state index contributed by atoms with van der Waals surface area (Å²) < 4.78 is 32.6. The van der Waals surface area contributed by atoms with Gasteiger partial charge in [0, 0.05) is 36.1 Å².